The molecule has 2 N–H and O–H groups in total. The number of carbonyl (C=O) groups excluding carboxylic acids is 1. The summed E-state index contributed by atoms with van der Waals surface area (Å²) < 4.78 is 5.93. The van der Waals surface area contributed by atoms with Crippen LogP contribution in [0, 0.1) is 6.92 Å². The number of allylic oxidation sites excluding steroid dienone is 1. The van der Waals surface area contributed by atoms with Gasteiger partial charge in [0.05, 0.1) is 25.3 Å². The Kier molecular flexibility index (Phi) is 5.67. The third kappa shape index (κ3) is 4.19. The van der Waals surface area contributed by atoms with Crippen molar-refractivity contribution in [3.8, 4) is 11.5 Å². The molecule has 0 spiro atoms. The molecule has 6 heteroatoms. The molecule has 0 unspecified atom stereocenters. The van der Waals surface area contributed by atoms with Gasteiger partial charge in [0.15, 0.2) is 5.76 Å². The second kappa shape index (κ2) is 8.37. The average molecular weight is 394 g/mol. The van der Waals surface area contributed by atoms with Gasteiger partial charge in [0.1, 0.15) is 12.3 Å². The Bertz CT molecular complexity index is 946. The summed E-state index contributed by atoms with van der Waals surface area (Å²) in [5.74, 6) is 0.427. The summed E-state index contributed by atoms with van der Waals surface area (Å²) in [6, 6.07) is 10.9. The molecule has 2 aliphatic rings. The van der Waals surface area contributed by atoms with Crippen LogP contribution in [0.2, 0.25) is 0 Å². The zero-order chi connectivity index (χ0) is 20.4. The third-order valence-electron chi connectivity index (χ3n) is 5.64. The molecule has 2 aromatic carbocycles. The standard InChI is InChI=1S/C23H26N2O4/c1-16-3-2-4-17(13-16)14-21-22(28)18-5-6-20(27)19(23(18)29-21)15-25-9-7-24(8-10-25)11-12-26/h2-6,13-14,26-27H,7-12,15H2,1H3. The summed E-state index contributed by atoms with van der Waals surface area (Å²) in [6.45, 7) is 6.95. The summed E-state index contributed by atoms with van der Waals surface area (Å²) in [7, 11) is 0. The number of aliphatic hydroxyl groups is 1. The first-order valence-electron chi connectivity index (χ1n) is 10.1. The fraction of sp³-hybridized carbons (Fsp3) is 0.348. The summed E-state index contributed by atoms with van der Waals surface area (Å²) in [6.07, 6.45) is 1.74. The maximum atomic E-state index is 12.8. The van der Waals surface area contributed by atoms with Gasteiger partial charge in [0.2, 0.25) is 5.78 Å². The SMILES string of the molecule is Cc1cccc(C=C2Oc3c(ccc([O-])c3C[NH+]3CCN(CCO)CC3)C2=O)c1. The van der Waals surface area contributed by atoms with Gasteiger partial charge in [-0.3, -0.25) is 9.69 Å². The van der Waals surface area contributed by atoms with Crippen molar-refractivity contribution in [2.75, 3.05) is 39.3 Å². The van der Waals surface area contributed by atoms with Crippen LogP contribution >= 0.6 is 0 Å². The van der Waals surface area contributed by atoms with Crippen molar-refractivity contribution >= 4 is 11.9 Å². The average Bonchev–Trinajstić information content (AvgIpc) is 3.01. The van der Waals surface area contributed by atoms with Gasteiger partial charge in [-0.15, -0.1) is 0 Å². The zero-order valence-corrected chi connectivity index (χ0v) is 16.6. The lowest BCUT2D eigenvalue weighted by Crippen LogP contribution is -3.13. The van der Waals surface area contributed by atoms with E-state index in [1.165, 1.54) is 11.0 Å². The first-order valence-corrected chi connectivity index (χ1v) is 10.1. The Morgan fingerprint density at radius 3 is 2.76 bits per heavy atom. The Morgan fingerprint density at radius 2 is 2.03 bits per heavy atom. The molecule has 6 nitrogen and oxygen atoms in total. The lowest BCUT2D eigenvalue weighted by Gasteiger charge is -2.32. The van der Waals surface area contributed by atoms with Crippen LogP contribution in [-0.4, -0.2) is 55.1 Å². The minimum absolute atomic E-state index is 0.0846. The minimum Gasteiger partial charge on any atom is -0.872 e. The van der Waals surface area contributed by atoms with Gasteiger partial charge in [-0.25, -0.2) is 0 Å². The van der Waals surface area contributed by atoms with E-state index in [2.05, 4.69) is 4.90 Å². The highest BCUT2D eigenvalue weighted by atomic mass is 16.5. The van der Waals surface area contributed by atoms with Crippen LogP contribution in [0.4, 0.5) is 0 Å². The molecule has 2 aromatic rings. The van der Waals surface area contributed by atoms with E-state index in [0.717, 1.165) is 37.3 Å². The second-order valence-corrected chi connectivity index (χ2v) is 7.76. The van der Waals surface area contributed by atoms with E-state index in [1.54, 1.807) is 12.1 Å². The highest BCUT2D eigenvalue weighted by Crippen LogP contribution is 2.38. The molecule has 1 fully saturated rings. The monoisotopic (exact) mass is 394 g/mol. The van der Waals surface area contributed by atoms with E-state index < -0.39 is 0 Å². The van der Waals surface area contributed by atoms with Gasteiger partial charge < -0.3 is 19.8 Å². The minimum atomic E-state index is -0.175. The number of aryl methyl sites for hydroxylation is 1. The molecule has 4 rings (SSSR count). The number of aliphatic hydroxyl groups excluding tert-OH is 1. The number of ether oxygens (including phenoxy) is 1. The molecule has 0 atom stereocenters. The normalized spacial score (nSPS) is 18.8. The van der Waals surface area contributed by atoms with Crippen molar-refractivity contribution < 1.29 is 24.6 Å². The fourth-order valence-corrected chi connectivity index (χ4v) is 4.03. The summed E-state index contributed by atoms with van der Waals surface area (Å²) in [5.41, 5.74) is 3.05. The predicted molar refractivity (Wildman–Crippen MR) is 108 cm³/mol. The van der Waals surface area contributed by atoms with E-state index in [9.17, 15) is 9.90 Å². The molecular weight excluding hydrogens is 368 g/mol. The summed E-state index contributed by atoms with van der Waals surface area (Å²) in [4.78, 5) is 16.3. The van der Waals surface area contributed by atoms with Gasteiger partial charge in [-0.1, -0.05) is 41.6 Å². The lowest BCUT2D eigenvalue weighted by atomic mass is 10.0. The maximum absolute atomic E-state index is 12.8. The van der Waals surface area contributed by atoms with Gasteiger partial charge in [-0.2, -0.15) is 0 Å². The third-order valence-corrected chi connectivity index (χ3v) is 5.64. The van der Waals surface area contributed by atoms with E-state index in [0.29, 0.717) is 30.0 Å². The molecule has 2 aliphatic heterocycles. The van der Waals surface area contributed by atoms with E-state index in [-0.39, 0.29) is 23.9 Å². The van der Waals surface area contributed by atoms with Crippen LogP contribution in [0.25, 0.3) is 6.08 Å². The van der Waals surface area contributed by atoms with Crippen LogP contribution in [-0.2, 0) is 6.54 Å². The van der Waals surface area contributed by atoms with Crippen molar-refractivity contribution in [3.63, 3.8) is 0 Å². The molecule has 0 aliphatic carbocycles. The van der Waals surface area contributed by atoms with Gasteiger partial charge in [0.25, 0.3) is 0 Å². The molecule has 0 saturated carbocycles. The number of carbonyl (C=O) groups is 1. The Morgan fingerprint density at radius 1 is 1.24 bits per heavy atom. The Balaban J connectivity index is 1.55. The van der Waals surface area contributed by atoms with Crippen LogP contribution in [0.5, 0.6) is 11.5 Å². The highest BCUT2D eigenvalue weighted by Gasteiger charge is 2.31. The van der Waals surface area contributed by atoms with Crippen LogP contribution in [0.1, 0.15) is 27.0 Å². The topological polar surface area (TPSA) is 77.3 Å². The van der Waals surface area contributed by atoms with E-state index in [1.807, 2.05) is 31.2 Å². The number of nitrogens with zero attached hydrogens (tertiary/aromatic N) is 1. The molecule has 0 radical (unpaired) electrons. The number of quaternary nitrogens is 1. The number of hydrogen-bond acceptors (Lipinski definition) is 5. The highest BCUT2D eigenvalue weighted by molar-refractivity contribution is 6.14. The molecule has 0 bridgehead atoms. The number of β-amino-alcohol motifs (C(OH)–C–C–N with tert-alkyl or cyclic N) is 1. The number of piperazine rings is 1. The Labute approximate surface area is 170 Å². The van der Waals surface area contributed by atoms with Crippen LogP contribution in [0.3, 0.4) is 0 Å². The van der Waals surface area contributed by atoms with Gasteiger partial charge in [-0.05, 0) is 24.6 Å². The van der Waals surface area contributed by atoms with Crippen molar-refractivity contribution in [2.24, 2.45) is 0 Å². The summed E-state index contributed by atoms with van der Waals surface area (Å²) >= 11 is 0. The van der Waals surface area contributed by atoms with Gasteiger partial charge in [0, 0.05) is 25.2 Å². The lowest BCUT2D eigenvalue weighted by molar-refractivity contribution is -0.918. The smallest absolute Gasteiger partial charge is 0.231 e. The number of hydrogen-bond donors (Lipinski definition) is 2. The van der Waals surface area contributed by atoms with Crippen molar-refractivity contribution in [1.29, 1.82) is 0 Å². The number of fused-ring (bicyclic) bond motifs is 1. The summed E-state index contributed by atoms with van der Waals surface area (Å²) in [5, 5.41) is 21.7. The van der Waals surface area contributed by atoms with E-state index >= 15 is 0 Å². The number of Topliss-reactive ketones (excluding diaryl/α,β-unsaturated/α-hetero) is 1. The first-order chi connectivity index (χ1) is 14.0. The largest absolute Gasteiger partial charge is 0.872 e. The fourth-order valence-electron chi connectivity index (χ4n) is 4.03. The number of nitrogens with one attached hydrogen (secondary N) is 1. The molecule has 1 saturated heterocycles. The molecule has 2 heterocycles. The van der Waals surface area contributed by atoms with Crippen molar-refractivity contribution in [3.05, 3.63) is 64.4 Å². The number of ketones is 1. The molecule has 29 heavy (non-hydrogen) atoms. The van der Waals surface area contributed by atoms with Crippen LogP contribution < -0.4 is 14.7 Å². The van der Waals surface area contributed by atoms with Gasteiger partial charge >= 0.3 is 0 Å². The zero-order valence-electron chi connectivity index (χ0n) is 16.6. The Hall–Kier alpha value is -2.67. The molecule has 0 aromatic heterocycles. The molecular formula is C23H26N2O4. The predicted octanol–water partition coefficient (Wildman–Crippen LogP) is 0.378. The van der Waals surface area contributed by atoms with Crippen molar-refractivity contribution in [1.82, 2.24) is 4.90 Å². The molecule has 152 valence electrons. The molecule has 0 amide bonds. The first kappa shape index (κ1) is 19.6. The van der Waals surface area contributed by atoms with Crippen molar-refractivity contribution in [2.45, 2.75) is 13.5 Å². The number of benzene rings is 2. The second-order valence-electron chi connectivity index (χ2n) is 7.76. The van der Waals surface area contributed by atoms with Crippen LogP contribution in [0.15, 0.2) is 42.2 Å². The maximum Gasteiger partial charge on any atom is 0.231 e. The van der Waals surface area contributed by atoms with E-state index in [4.69, 9.17) is 9.84 Å². The number of rotatable bonds is 5. The quantitative estimate of drug-likeness (QED) is 0.717.